The van der Waals surface area contributed by atoms with Gasteiger partial charge in [0.25, 0.3) is 11.9 Å². The second-order valence-electron chi connectivity index (χ2n) is 7.23. The topological polar surface area (TPSA) is 89.1 Å². The largest absolute Gasteiger partial charge is 0.435 e. The molecule has 1 aliphatic heterocycles. The Labute approximate surface area is 152 Å². The standard InChI is InChI=1S/C16H19F3N6O2/c1-24-10(7-11(22-24)16(17,18)19)13(26)20-8-12-21-14(23-27-12)25-6-2-3-15(9-25)4-5-15/h7H,2-6,8-9H2,1H3,(H,20,26). The second kappa shape index (κ2) is 6.24. The summed E-state index contributed by atoms with van der Waals surface area (Å²) in [5, 5.41) is 9.76. The third-order valence-corrected chi connectivity index (χ3v) is 5.16. The molecule has 2 fully saturated rings. The van der Waals surface area contributed by atoms with Crippen molar-refractivity contribution in [1.29, 1.82) is 0 Å². The summed E-state index contributed by atoms with van der Waals surface area (Å²) in [5.74, 6) is -0.00717. The molecule has 1 aliphatic carbocycles. The first-order chi connectivity index (χ1) is 12.8. The number of rotatable bonds is 4. The average molecular weight is 384 g/mol. The maximum Gasteiger partial charge on any atom is 0.435 e. The lowest BCUT2D eigenvalue weighted by atomic mass is 9.95. The number of alkyl halides is 3. The molecule has 146 valence electrons. The van der Waals surface area contributed by atoms with Crippen LogP contribution < -0.4 is 10.2 Å². The fourth-order valence-electron chi connectivity index (χ4n) is 3.47. The van der Waals surface area contributed by atoms with Gasteiger partial charge in [-0.2, -0.15) is 23.3 Å². The average Bonchev–Trinajstić information content (AvgIpc) is 3.04. The maximum absolute atomic E-state index is 12.7. The lowest BCUT2D eigenvalue weighted by Gasteiger charge is -2.31. The number of anilines is 1. The molecular weight excluding hydrogens is 365 g/mol. The SMILES string of the molecule is Cn1nc(C(F)(F)F)cc1C(=O)NCc1nc(N2CCCC3(CC3)C2)no1. The lowest BCUT2D eigenvalue weighted by molar-refractivity contribution is -0.141. The summed E-state index contributed by atoms with van der Waals surface area (Å²) in [7, 11) is 1.28. The fraction of sp³-hybridized carbons (Fsp3) is 0.625. The third kappa shape index (κ3) is 3.62. The molecule has 2 aliphatic rings. The van der Waals surface area contributed by atoms with Gasteiger partial charge in [0.15, 0.2) is 5.69 Å². The molecule has 1 amide bonds. The van der Waals surface area contributed by atoms with Crippen molar-refractivity contribution in [3.05, 3.63) is 23.3 Å². The molecule has 1 spiro atoms. The minimum atomic E-state index is -4.61. The van der Waals surface area contributed by atoms with Gasteiger partial charge in [-0.1, -0.05) is 0 Å². The third-order valence-electron chi connectivity index (χ3n) is 5.16. The number of nitrogens with zero attached hydrogens (tertiary/aromatic N) is 5. The monoisotopic (exact) mass is 384 g/mol. The summed E-state index contributed by atoms with van der Waals surface area (Å²) in [5.41, 5.74) is -0.911. The van der Waals surface area contributed by atoms with E-state index in [9.17, 15) is 18.0 Å². The van der Waals surface area contributed by atoms with Crippen LogP contribution in [0, 0.1) is 5.41 Å². The number of carbonyl (C=O) groups excluding carboxylic acids is 1. The Kier molecular flexibility index (Phi) is 4.11. The molecule has 0 radical (unpaired) electrons. The Hall–Kier alpha value is -2.59. The van der Waals surface area contributed by atoms with Crippen LogP contribution in [0.3, 0.4) is 0 Å². The lowest BCUT2D eigenvalue weighted by Crippen LogP contribution is -2.37. The number of hydrogen-bond acceptors (Lipinski definition) is 6. The van der Waals surface area contributed by atoms with E-state index in [1.54, 1.807) is 0 Å². The van der Waals surface area contributed by atoms with Crippen molar-refractivity contribution in [3.63, 3.8) is 0 Å². The van der Waals surface area contributed by atoms with Gasteiger partial charge in [-0.25, -0.2) is 0 Å². The fourth-order valence-corrected chi connectivity index (χ4v) is 3.47. The smallest absolute Gasteiger partial charge is 0.342 e. The van der Waals surface area contributed by atoms with Crippen molar-refractivity contribution in [3.8, 4) is 0 Å². The van der Waals surface area contributed by atoms with Gasteiger partial charge in [-0.3, -0.25) is 9.48 Å². The number of amides is 1. The number of halogens is 3. The molecule has 1 N–H and O–H groups in total. The van der Waals surface area contributed by atoms with Gasteiger partial charge in [0.2, 0.25) is 5.89 Å². The van der Waals surface area contributed by atoms with Gasteiger partial charge in [-0.05, 0) is 36.3 Å². The van der Waals surface area contributed by atoms with E-state index in [0.717, 1.165) is 24.2 Å². The minimum Gasteiger partial charge on any atom is -0.342 e. The second-order valence-corrected chi connectivity index (χ2v) is 7.23. The summed E-state index contributed by atoms with van der Waals surface area (Å²) < 4.78 is 44.1. The van der Waals surface area contributed by atoms with E-state index in [1.807, 2.05) is 0 Å². The number of hydrogen-bond donors (Lipinski definition) is 1. The molecule has 0 unspecified atom stereocenters. The number of aryl methyl sites for hydroxylation is 1. The van der Waals surface area contributed by atoms with E-state index in [-0.39, 0.29) is 18.1 Å². The van der Waals surface area contributed by atoms with E-state index < -0.39 is 17.8 Å². The van der Waals surface area contributed by atoms with Crippen LogP contribution in [0.5, 0.6) is 0 Å². The zero-order valence-electron chi connectivity index (χ0n) is 14.7. The Bertz CT molecular complexity index is 855. The summed E-state index contributed by atoms with van der Waals surface area (Å²) >= 11 is 0. The van der Waals surface area contributed by atoms with E-state index in [1.165, 1.54) is 26.3 Å². The van der Waals surface area contributed by atoms with Crippen LogP contribution >= 0.6 is 0 Å². The van der Waals surface area contributed by atoms with Gasteiger partial charge in [0.05, 0.1) is 6.54 Å². The molecule has 0 aromatic carbocycles. The first-order valence-electron chi connectivity index (χ1n) is 8.73. The van der Waals surface area contributed by atoms with Gasteiger partial charge >= 0.3 is 6.18 Å². The molecule has 4 rings (SSSR count). The Morgan fingerprint density at radius 3 is 2.81 bits per heavy atom. The molecule has 11 heteroatoms. The molecule has 3 heterocycles. The quantitative estimate of drug-likeness (QED) is 0.869. The van der Waals surface area contributed by atoms with Crippen LogP contribution in [0.1, 0.15) is 47.8 Å². The van der Waals surface area contributed by atoms with E-state index >= 15 is 0 Å². The highest BCUT2D eigenvalue weighted by Crippen LogP contribution is 2.52. The number of aromatic nitrogens is 4. The molecular formula is C16H19F3N6O2. The van der Waals surface area contributed by atoms with Crippen molar-refractivity contribution in [2.45, 2.75) is 38.4 Å². The van der Waals surface area contributed by atoms with Gasteiger partial charge in [0.1, 0.15) is 5.69 Å². The highest BCUT2D eigenvalue weighted by atomic mass is 19.4. The van der Waals surface area contributed by atoms with Gasteiger partial charge in [0, 0.05) is 26.2 Å². The Morgan fingerprint density at radius 1 is 1.37 bits per heavy atom. The van der Waals surface area contributed by atoms with Crippen LogP contribution in [0.15, 0.2) is 10.6 Å². The number of carbonyl (C=O) groups is 1. The van der Waals surface area contributed by atoms with Crippen LogP contribution in [-0.4, -0.2) is 38.9 Å². The molecule has 1 saturated heterocycles. The maximum atomic E-state index is 12.7. The van der Waals surface area contributed by atoms with Crippen LogP contribution in [0.2, 0.25) is 0 Å². The predicted octanol–water partition coefficient (Wildman–Crippen LogP) is 2.13. The van der Waals surface area contributed by atoms with Crippen molar-refractivity contribution in [2.24, 2.45) is 12.5 Å². The van der Waals surface area contributed by atoms with Crippen LogP contribution in [-0.2, 0) is 19.8 Å². The summed E-state index contributed by atoms with van der Waals surface area (Å²) in [4.78, 5) is 18.5. The predicted molar refractivity (Wildman–Crippen MR) is 86.8 cm³/mol. The zero-order valence-corrected chi connectivity index (χ0v) is 14.7. The zero-order chi connectivity index (χ0) is 19.2. The molecule has 0 atom stereocenters. The Balaban J connectivity index is 1.37. The molecule has 2 aromatic rings. The van der Waals surface area contributed by atoms with Gasteiger partial charge in [-0.15, -0.1) is 0 Å². The van der Waals surface area contributed by atoms with Gasteiger partial charge < -0.3 is 14.7 Å². The summed E-state index contributed by atoms with van der Waals surface area (Å²) in [6.07, 6.45) is 0.173. The summed E-state index contributed by atoms with van der Waals surface area (Å²) in [6.45, 7) is 1.70. The normalized spacial score (nSPS) is 18.7. The van der Waals surface area contributed by atoms with E-state index in [4.69, 9.17) is 4.52 Å². The highest BCUT2D eigenvalue weighted by molar-refractivity contribution is 5.92. The van der Waals surface area contributed by atoms with Crippen molar-refractivity contribution in [2.75, 3.05) is 18.0 Å². The van der Waals surface area contributed by atoms with Crippen LogP contribution in [0.25, 0.3) is 0 Å². The first kappa shape index (κ1) is 17.8. The first-order valence-corrected chi connectivity index (χ1v) is 8.73. The van der Waals surface area contributed by atoms with Crippen molar-refractivity contribution >= 4 is 11.9 Å². The van der Waals surface area contributed by atoms with Crippen molar-refractivity contribution in [1.82, 2.24) is 25.2 Å². The van der Waals surface area contributed by atoms with E-state index in [2.05, 4.69) is 25.5 Å². The highest BCUT2D eigenvalue weighted by Gasteiger charge is 2.46. The molecule has 0 bridgehead atoms. The molecule has 27 heavy (non-hydrogen) atoms. The molecule has 1 saturated carbocycles. The van der Waals surface area contributed by atoms with E-state index in [0.29, 0.717) is 17.4 Å². The molecule has 2 aromatic heterocycles. The molecule has 8 nitrogen and oxygen atoms in total. The summed E-state index contributed by atoms with van der Waals surface area (Å²) in [6, 6.07) is 0.706. The minimum absolute atomic E-state index is 0.0721. The number of piperidine rings is 1. The van der Waals surface area contributed by atoms with Crippen LogP contribution in [0.4, 0.5) is 19.1 Å². The Morgan fingerprint density at radius 2 is 2.15 bits per heavy atom. The van der Waals surface area contributed by atoms with Crippen molar-refractivity contribution < 1.29 is 22.5 Å². The number of nitrogens with one attached hydrogen (secondary N) is 1.